The number of ether oxygens (including phenoxy) is 2. The minimum Gasteiger partial charge on any atom is -0.465 e. The number of esters is 1. The summed E-state index contributed by atoms with van der Waals surface area (Å²) < 4.78 is 9.77. The number of methoxy groups -OCH3 is 1. The SMILES string of the molecule is COC(=O)c1cc(CCNC(=O)OC(C)(C)C)nc(C(C)=O)c1. The van der Waals surface area contributed by atoms with Crippen molar-refractivity contribution < 1.29 is 23.9 Å². The summed E-state index contributed by atoms with van der Waals surface area (Å²) in [6, 6.07) is 2.92. The van der Waals surface area contributed by atoms with Crippen LogP contribution in [-0.4, -0.2) is 42.1 Å². The predicted molar refractivity (Wildman–Crippen MR) is 83.5 cm³/mol. The van der Waals surface area contributed by atoms with Gasteiger partial charge in [-0.25, -0.2) is 14.6 Å². The van der Waals surface area contributed by atoms with E-state index in [1.807, 2.05) is 0 Å². The average Bonchev–Trinajstić information content (AvgIpc) is 2.44. The van der Waals surface area contributed by atoms with Crippen molar-refractivity contribution in [3.63, 3.8) is 0 Å². The Morgan fingerprint density at radius 2 is 1.87 bits per heavy atom. The third-order valence-electron chi connectivity index (χ3n) is 2.71. The molecule has 1 amide bonds. The average molecular weight is 322 g/mol. The van der Waals surface area contributed by atoms with Crippen LogP contribution in [0.5, 0.6) is 0 Å². The number of hydrogen-bond acceptors (Lipinski definition) is 6. The zero-order valence-electron chi connectivity index (χ0n) is 14.1. The molecule has 1 rings (SSSR count). The number of hydrogen-bond donors (Lipinski definition) is 1. The number of rotatable bonds is 5. The van der Waals surface area contributed by atoms with Gasteiger partial charge in [0.2, 0.25) is 0 Å². The van der Waals surface area contributed by atoms with Gasteiger partial charge in [0, 0.05) is 25.6 Å². The number of aromatic nitrogens is 1. The van der Waals surface area contributed by atoms with Gasteiger partial charge in [-0.2, -0.15) is 0 Å². The number of ketones is 1. The van der Waals surface area contributed by atoms with Crippen molar-refractivity contribution in [3.05, 3.63) is 29.1 Å². The highest BCUT2D eigenvalue weighted by Crippen LogP contribution is 2.10. The zero-order valence-corrected chi connectivity index (χ0v) is 14.1. The number of nitrogens with one attached hydrogen (secondary N) is 1. The quantitative estimate of drug-likeness (QED) is 0.659. The highest BCUT2D eigenvalue weighted by Gasteiger charge is 2.16. The molecule has 7 nitrogen and oxygen atoms in total. The molecule has 0 atom stereocenters. The van der Waals surface area contributed by atoms with Gasteiger partial charge in [0.05, 0.1) is 12.7 Å². The van der Waals surface area contributed by atoms with Crippen molar-refractivity contribution in [1.82, 2.24) is 10.3 Å². The first-order valence-corrected chi connectivity index (χ1v) is 7.19. The zero-order chi connectivity index (χ0) is 17.6. The summed E-state index contributed by atoms with van der Waals surface area (Å²) in [5, 5.41) is 2.60. The number of alkyl carbamates (subject to hydrolysis) is 1. The van der Waals surface area contributed by atoms with Crippen LogP contribution in [0.2, 0.25) is 0 Å². The summed E-state index contributed by atoms with van der Waals surface area (Å²) in [7, 11) is 1.26. The monoisotopic (exact) mass is 322 g/mol. The van der Waals surface area contributed by atoms with Crippen molar-refractivity contribution in [1.29, 1.82) is 0 Å². The van der Waals surface area contributed by atoms with E-state index >= 15 is 0 Å². The Hall–Kier alpha value is -2.44. The van der Waals surface area contributed by atoms with Crippen LogP contribution in [-0.2, 0) is 15.9 Å². The van der Waals surface area contributed by atoms with E-state index in [2.05, 4.69) is 15.0 Å². The van der Waals surface area contributed by atoms with Crippen LogP contribution < -0.4 is 5.32 Å². The van der Waals surface area contributed by atoms with Crippen LogP contribution in [0.4, 0.5) is 4.79 Å². The maximum atomic E-state index is 11.6. The van der Waals surface area contributed by atoms with Crippen molar-refractivity contribution >= 4 is 17.8 Å². The van der Waals surface area contributed by atoms with Gasteiger partial charge in [0.1, 0.15) is 11.3 Å². The fourth-order valence-corrected chi connectivity index (χ4v) is 1.74. The molecule has 1 heterocycles. The van der Waals surface area contributed by atoms with Gasteiger partial charge in [-0.15, -0.1) is 0 Å². The van der Waals surface area contributed by atoms with E-state index in [0.29, 0.717) is 12.1 Å². The number of pyridine rings is 1. The maximum absolute atomic E-state index is 11.6. The van der Waals surface area contributed by atoms with Crippen LogP contribution in [0.3, 0.4) is 0 Å². The van der Waals surface area contributed by atoms with E-state index < -0.39 is 17.7 Å². The largest absolute Gasteiger partial charge is 0.465 e. The third-order valence-corrected chi connectivity index (χ3v) is 2.71. The van der Waals surface area contributed by atoms with Gasteiger partial charge >= 0.3 is 12.1 Å². The van der Waals surface area contributed by atoms with E-state index in [1.165, 1.54) is 26.2 Å². The summed E-state index contributed by atoms with van der Waals surface area (Å²) in [6.07, 6.45) is -0.182. The maximum Gasteiger partial charge on any atom is 0.407 e. The number of nitrogens with zero attached hydrogens (tertiary/aromatic N) is 1. The number of amides is 1. The van der Waals surface area contributed by atoms with Gasteiger partial charge in [-0.3, -0.25) is 4.79 Å². The molecule has 0 spiro atoms. The Kier molecular flexibility index (Phi) is 6.24. The van der Waals surface area contributed by atoms with Gasteiger partial charge < -0.3 is 14.8 Å². The van der Waals surface area contributed by atoms with Crippen molar-refractivity contribution in [2.45, 2.75) is 39.7 Å². The summed E-state index contributed by atoms with van der Waals surface area (Å²) in [4.78, 5) is 38.9. The van der Waals surface area contributed by atoms with E-state index in [0.717, 1.165) is 0 Å². The molecule has 0 aromatic carbocycles. The normalized spacial score (nSPS) is 10.8. The number of Topliss-reactive ketones (excluding diaryl/α,β-unsaturated/α-hetero) is 1. The van der Waals surface area contributed by atoms with Crippen LogP contribution in [0.15, 0.2) is 12.1 Å². The van der Waals surface area contributed by atoms with Crippen LogP contribution in [0.1, 0.15) is 54.2 Å². The summed E-state index contributed by atoms with van der Waals surface area (Å²) in [5.41, 5.74) is 0.365. The molecule has 0 aliphatic rings. The molecule has 126 valence electrons. The number of carbonyl (C=O) groups excluding carboxylic acids is 3. The predicted octanol–water partition coefficient (Wildman–Crippen LogP) is 2.14. The minimum atomic E-state index is -0.574. The second-order valence-corrected chi connectivity index (χ2v) is 5.96. The second kappa shape index (κ2) is 7.71. The molecule has 0 bridgehead atoms. The van der Waals surface area contributed by atoms with E-state index in [9.17, 15) is 14.4 Å². The third kappa shape index (κ3) is 6.46. The molecule has 0 saturated carbocycles. The van der Waals surface area contributed by atoms with Crippen molar-refractivity contribution in [2.75, 3.05) is 13.7 Å². The van der Waals surface area contributed by atoms with Crippen LogP contribution in [0.25, 0.3) is 0 Å². The first kappa shape index (κ1) is 18.6. The van der Waals surface area contributed by atoms with Crippen LogP contribution in [0, 0.1) is 0 Å². The first-order valence-electron chi connectivity index (χ1n) is 7.19. The summed E-state index contributed by atoms with van der Waals surface area (Å²) in [6.45, 7) is 6.95. The van der Waals surface area contributed by atoms with Crippen LogP contribution >= 0.6 is 0 Å². The number of carbonyl (C=O) groups is 3. The second-order valence-electron chi connectivity index (χ2n) is 5.96. The summed E-state index contributed by atoms with van der Waals surface area (Å²) in [5.74, 6) is -0.798. The molecular weight excluding hydrogens is 300 g/mol. The molecule has 0 fully saturated rings. The Labute approximate surface area is 135 Å². The van der Waals surface area contributed by atoms with E-state index in [1.54, 1.807) is 20.8 Å². The lowest BCUT2D eigenvalue weighted by Crippen LogP contribution is -2.33. The smallest absolute Gasteiger partial charge is 0.407 e. The molecule has 0 aliphatic carbocycles. The molecule has 1 N–H and O–H groups in total. The first-order chi connectivity index (χ1) is 10.6. The molecule has 7 heteroatoms. The fourth-order valence-electron chi connectivity index (χ4n) is 1.74. The molecule has 1 aromatic rings. The molecule has 1 aromatic heterocycles. The van der Waals surface area contributed by atoms with Crippen molar-refractivity contribution in [2.24, 2.45) is 0 Å². The highest BCUT2D eigenvalue weighted by molar-refractivity contribution is 5.96. The summed E-state index contributed by atoms with van der Waals surface area (Å²) >= 11 is 0. The topological polar surface area (TPSA) is 94.6 Å². The van der Waals surface area contributed by atoms with Gasteiger partial charge in [-0.1, -0.05) is 0 Å². The molecule has 0 radical (unpaired) electrons. The van der Waals surface area contributed by atoms with E-state index in [4.69, 9.17) is 4.74 Å². The van der Waals surface area contributed by atoms with Gasteiger partial charge in [0.25, 0.3) is 0 Å². The standard InChI is InChI=1S/C16H22N2O5/c1-10(19)13-9-11(14(20)22-5)8-12(18-13)6-7-17-15(21)23-16(2,3)4/h8-9H,6-7H2,1-5H3,(H,17,21). The lowest BCUT2D eigenvalue weighted by atomic mass is 10.1. The Bertz CT molecular complexity index is 605. The van der Waals surface area contributed by atoms with Gasteiger partial charge in [0.15, 0.2) is 5.78 Å². The van der Waals surface area contributed by atoms with E-state index in [-0.39, 0.29) is 23.6 Å². The molecule has 0 saturated heterocycles. The molecule has 23 heavy (non-hydrogen) atoms. The molecule has 0 unspecified atom stereocenters. The Balaban J connectivity index is 2.76. The minimum absolute atomic E-state index is 0.181. The fraction of sp³-hybridized carbons (Fsp3) is 0.500. The van der Waals surface area contributed by atoms with Gasteiger partial charge in [-0.05, 0) is 32.9 Å². The Morgan fingerprint density at radius 3 is 2.39 bits per heavy atom. The lowest BCUT2D eigenvalue weighted by Gasteiger charge is -2.19. The Morgan fingerprint density at radius 1 is 1.22 bits per heavy atom. The van der Waals surface area contributed by atoms with Crippen molar-refractivity contribution in [3.8, 4) is 0 Å². The molecular formula is C16H22N2O5. The highest BCUT2D eigenvalue weighted by atomic mass is 16.6. The lowest BCUT2D eigenvalue weighted by molar-refractivity contribution is 0.0526. The molecule has 0 aliphatic heterocycles.